The first-order valence-corrected chi connectivity index (χ1v) is 7.78. The molecule has 1 heterocycles. The molecule has 0 saturated heterocycles. The summed E-state index contributed by atoms with van der Waals surface area (Å²) in [7, 11) is 1.74. The highest BCUT2D eigenvalue weighted by Gasteiger charge is 2.09. The van der Waals surface area contributed by atoms with Crippen LogP contribution in [0.25, 0.3) is 0 Å². The third-order valence-corrected chi connectivity index (χ3v) is 3.44. The topological polar surface area (TPSA) is 73.5 Å². The van der Waals surface area contributed by atoms with E-state index in [0.717, 1.165) is 11.1 Å². The van der Waals surface area contributed by atoms with Crippen LogP contribution in [0.2, 0.25) is 5.02 Å². The van der Waals surface area contributed by atoms with Gasteiger partial charge in [-0.1, -0.05) is 23.7 Å². The number of rotatable bonds is 8. The average Bonchev–Trinajstić information content (AvgIpc) is 2.55. The van der Waals surface area contributed by atoms with E-state index in [1.807, 2.05) is 31.2 Å². The Bertz CT molecular complexity index is 626. The van der Waals surface area contributed by atoms with E-state index in [1.165, 1.54) is 5.06 Å². The molecular formula is C16H22Cl2N4O2. The highest BCUT2D eigenvalue weighted by molar-refractivity contribution is 6.30. The Balaban J connectivity index is 0.00000288. The summed E-state index contributed by atoms with van der Waals surface area (Å²) in [5, 5.41) is 2.20. The van der Waals surface area contributed by atoms with Crippen LogP contribution in [-0.4, -0.2) is 36.8 Å². The van der Waals surface area contributed by atoms with Crippen LogP contribution in [0.1, 0.15) is 18.1 Å². The molecule has 0 spiro atoms. The molecular weight excluding hydrogens is 351 g/mol. The molecule has 0 unspecified atom stereocenters. The molecule has 0 fully saturated rings. The van der Waals surface area contributed by atoms with Crippen molar-refractivity contribution in [1.29, 1.82) is 0 Å². The van der Waals surface area contributed by atoms with E-state index in [9.17, 15) is 0 Å². The van der Waals surface area contributed by atoms with Gasteiger partial charge < -0.3 is 10.5 Å². The summed E-state index contributed by atoms with van der Waals surface area (Å²) in [6, 6.07) is 7.61. The van der Waals surface area contributed by atoms with Crippen molar-refractivity contribution in [2.45, 2.75) is 13.3 Å². The second-order valence-electron chi connectivity index (χ2n) is 4.91. The molecule has 2 N–H and O–H groups in total. The number of nitrogens with two attached hydrogens (primary N) is 1. The predicted molar refractivity (Wildman–Crippen MR) is 98.8 cm³/mol. The van der Waals surface area contributed by atoms with Gasteiger partial charge in [-0.25, -0.2) is 10.0 Å². The van der Waals surface area contributed by atoms with Gasteiger partial charge in [-0.05, 0) is 24.6 Å². The average molecular weight is 373 g/mol. The maximum atomic E-state index is 6.03. The summed E-state index contributed by atoms with van der Waals surface area (Å²) in [5.74, 6) is 0.851. The van der Waals surface area contributed by atoms with E-state index in [-0.39, 0.29) is 12.4 Å². The second kappa shape index (κ2) is 10.3. The summed E-state index contributed by atoms with van der Waals surface area (Å²) in [6.45, 7) is 3.55. The van der Waals surface area contributed by atoms with E-state index in [4.69, 9.17) is 26.9 Å². The molecule has 0 radical (unpaired) electrons. The largest absolute Gasteiger partial charge is 0.383 e. The highest BCUT2D eigenvalue weighted by atomic mass is 35.5. The third-order valence-electron chi connectivity index (χ3n) is 3.19. The number of hydrogen-bond donors (Lipinski definition) is 1. The van der Waals surface area contributed by atoms with Gasteiger partial charge >= 0.3 is 0 Å². The quantitative estimate of drug-likeness (QED) is 0.566. The molecule has 8 heteroatoms. The van der Waals surface area contributed by atoms with Crippen molar-refractivity contribution < 1.29 is 9.57 Å². The maximum Gasteiger partial charge on any atom is 0.251 e. The Morgan fingerprint density at radius 1 is 1.21 bits per heavy atom. The molecule has 6 nitrogen and oxygen atoms in total. The number of nitrogen functional groups attached to an aromatic ring is 1. The fraction of sp³-hybridized carbons (Fsp3) is 0.375. The van der Waals surface area contributed by atoms with Crippen LogP contribution in [0.3, 0.4) is 0 Å². The normalized spacial score (nSPS) is 10.3. The lowest BCUT2D eigenvalue weighted by Crippen LogP contribution is -2.23. The van der Waals surface area contributed by atoms with E-state index in [0.29, 0.717) is 43.0 Å². The molecule has 0 bridgehead atoms. The van der Waals surface area contributed by atoms with E-state index in [1.54, 1.807) is 13.2 Å². The number of hydroxylamine groups is 1. The number of benzene rings is 1. The second-order valence-corrected chi connectivity index (χ2v) is 5.35. The van der Waals surface area contributed by atoms with Crippen molar-refractivity contribution in [3.8, 4) is 0 Å². The lowest BCUT2D eigenvalue weighted by atomic mass is 10.1. The van der Waals surface area contributed by atoms with Crippen LogP contribution in [0.5, 0.6) is 0 Å². The minimum Gasteiger partial charge on any atom is -0.383 e. The maximum absolute atomic E-state index is 6.03. The number of hydrogen-bond acceptors (Lipinski definition) is 6. The molecule has 0 saturated carbocycles. The van der Waals surface area contributed by atoms with Gasteiger partial charge in [-0.3, -0.25) is 4.84 Å². The van der Waals surface area contributed by atoms with Crippen molar-refractivity contribution in [2.75, 3.05) is 37.7 Å². The first-order chi connectivity index (χ1) is 11.1. The molecule has 132 valence electrons. The van der Waals surface area contributed by atoms with Gasteiger partial charge in [-0.2, -0.15) is 4.98 Å². The van der Waals surface area contributed by atoms with Crippen molar-refractivity contribution in [2.24, 2.45) is 0 Å². The van der Waals surface area contributed by atoms with Gasteiger partial charge in [0, 0.05) is 36.9 Å². The smallest absolute Gasteiger partial charge is 0.251 e. The summed E-state index contributed by atoms with van der Waals surface area (Å²) in [4.78, 5) is 14.1. The van der Waals surface area contributed by atoms with Crippen LogP contribution < -0.4 is 10.8 Å². The predicted octanol–water partition coefficient (Wildman–Crippen LogP) is 3.13. The van der Waals surface area contributed by atoms with Crippen LogP contribution in [0, 0.1) is 0 Å². The summed E-state index contributed by atoms with van der Waals surface area (Å²) in [5.41, 5.74) is 7.99. The van der Waals surface area contributed by atoms with Crippen molar-refractivity contribution >= 4 is 35.8 Å². The van der Waals surface area contributed by atoms with E-state index >= 15 is 0 Å². The summed E-state index contributed by atoms with van der Waals surface area (Å²) < 4.78 is 5.21. The Labute approximate surface area is 153 Å². The van der Waals surface area contributed by atoms with Gasteiger partial charge in [0.15, 0.2) is 0 Å². The molecule has 24 heavy (non-hydrogen) atoms. The number of aromatic nitrogens is 2. The van der Waals surface area contributed by atoms with Crippen LogP contribution in [0.4, 0.5) is 11.8 Å². The molecule has 0 aliphatic carbocycles. The first-order valence-electron chi connectivity index (χ1n) is 7.40. The minimum absolute atomic E-state index is 0. The number of halogens is 2. The van der Waals surface area contributed by atoms with Gasteiger partial charge in [0.1, 0.15) is 5.82 Å². The molecule has 0 atom stereocenters. The van der Waals surface area contributed by atoms with Gasteiger partial charge in [0.25, 0.3) is 5.95 Å². The standard InChI is InChI=1S/C16H21ClN4O2.ClH/c1-3-22-8-9-23-21(2)16-19-11-13(15(18)20-16)10-12-4-6-14(17)7-5-12;/h4-7,11H,3,8-10H2,1-2H3,(H2,18,19,20);1H. The van der Waals surface area contributed by atoms with Gasteiger partial charge in [0.2, 0.25) is 0 Å². The minimum atomic E-state index is 0. The zero-order valence-corrected chi connectivity index (χ0v) is 15.3. The van der Waals surface area contributed by atoms with Crippen molar-refractivity contribution in [3.63, 3.8) is 0 Å². The zero-order valence-electron chi connectivity index (χ0n) is 13.7. The molecule has 1 aromatic carbocycles. The lowest BCUT2D eigenvalue weighted by molar-refractivity contribution is 0.0447. The van der Waals surface area contributed by atoms with Crippen LogP contribution >= 0.6 is 24.0 Å². The fourth-order valence-corrected chi connectivity index (χ4v) is 2.08. The Morgan fingerprint density at radius 3 is 2.54 bits per heavy atom. The number of ether oxygens (including phenoxy) is 1. The number of nitrogens with zero attached hydrogens (tertiary/aromatic N) is 3. The molecule has 0 amide bonds. The summed E-state index contributed by atoms with van der Waals surface area (Å²) in [6.07, 6.45) is 2.37. The summed E-state index contributed by atoms with van der Waals surface area (Å²) >= 11 is 5.89. The first kappa shape index (κ1) is 20.4. The SMILES string of the molecule is CCOCCON(C)c1ncc(Cc2ccc(Cl)cc2)c(N)n1.Cl. The molecule has 0 aliphatic heterocycles. The van der Waals surface area contributed by atoms with E-state index in [2.05, 4.69) is 9.97 Å². The Hall–Kier alpha value is -1.60. The fourth-order valence-electron chi connectivity index (χ4n) is 1.96. The zero-order chi connectivity index (χ0) is 16.7. The van der Waals surface area contributed by atoms with Crippen molar-refractivity contribution in [1.82, 2.24) is 9.97 Å². The highest BCUT2D eigenvalue weighted by Crippen LogP contribution is 2.18. The van der Waals surface area contributed by atoms with E-state index < -0.39 is 0 Å². The van der Waals surface area contributed by atoms with Crippen LogP contribution in [-0.2, 0) is 16.0 Å². The molecule has 2 rings (SSSR count). The molecule has 2 aromatic rings. The van der Waals surface area contributed by atoms with Gasteiger partial charge in [-0.15, -0.1) is 12.4 Å². The third kappa shape index (κ3) is 6.13. The Morgan fingerprint density at radius 2 is 1.92 bits per heavy atom. The lowest BCUT2D eigenvalue weighted by Gasteiger charge is -2.17. The number of anilines is 2. The Kier molecular flexibility index (Phi) is 8.78. The monoisotopic (exact) mass is 372 g/mol. The van der Waals surface area contributed by atoms with Crippen LogP contribution in [0.15, 0.2) is 30.5 Å². The van der Waals surface area contributed by atoms with Crippen molar-refractivity contribution in [3.05, 3.63) is 46.6 Å². The molecule has 0 aliphatic rings. The molecule has 1 aromatic heterocycles. The van der Waals surface area contributed by atoms with Gasteiger partial charge in [0.05, 0.1) is 13.2 Å².